The number of fused-ring (bicyclic) bond motifs is 1. The van der Waals surface area contributed by atoms with E-state index in [0.717, 1.165) is 22.4 Å². The van der Waals surface area contributed by atoms with Gasteiger partial charge in [-0.2, -0.15) is 0 Å². The summed E-state index contributed by atoms with van der Waals surface area (Å²) in [7, 11) is 1.63. The number of methoxy groups -OCH3 is 1. The Morgan fingerprint density at radius 1 is 0.920 bits per heavy atom. The second-order valence-electron chi connectivity index (χ2n) is 5.69. The van der Waals surface area contributed by atoms with Crippen LogP contribution in [0.2, 0.25) is 0 Å². The van der Waals surface area contributed by atoms with Crippen molar-refractivity contribution in [1.82, 2.24) is 0 Å². The van der Waals surface area contributed by atoms with Crippen molar-refractivity contribution in [1.29, 1.82) is 0 Å². The van der Waals surface area contributed by atoms with Gasteiger partial charge in [-0.25, -0.2) is 4.79 Å². The maximum absolute atomic E-state index is 12.1. The summed E-state index contributed by atoms with van der Waals surface area (Å²) in [5.41, 5.74) is 3.23. The van der Waals surface area contributed by atoms with Crippen molar-refractivity contribution < 1.29 is 23.7 Å². The fraction of sp³-hybridized carbons (Fsp3) is 0.150. The van der Waals surface area contributed by atoms with Crippen molar-refractivity contribution in [2.45, 2.75) is 0 Å². The van der Waals surface area contributed by atoms with E-state index in [1.54, 1.807) is 7.11 Å². The zero-order valence-corrected chi connectivity index (χ0v) is 13.7. The standard InChI is InChI=1S/C20H16O5/c1-22-16-5-2-13(3-6-16)8-15-11-23-20(21)17(15)9-14-4-7-18-19(10-14)25-12-24-18/h2-10H,11-12H2,1H3/b15-8-,17-9+. The molecule has 0 aromatic heterocycles. The van der Waals surface area contributed by atoms with Gasteiger partial charge in [0.2, 0.25) is 6.79 Å². The maximum Gasteiger partial charge on any atom is 0.338 e. The average molecular weight is 336 g/mol. The zero-order valence-electron chi connectivity index (χ0n) is 13.7. The Kier molecular flexibility index (Phi) is 3.90. The highest BCUT2D eigenvalue weighted by atomic mass is 16.7. The van der Waals surface area contributed by atoms with Crippen molar-refractivity contribution in [3.8, 4) is 17.2 Å². The number of benzene rings is 2. The lowest BCUT2D eigenvalue weighted by atomic mass is 10.0. The van der Waals surface area contributed by atoms with Crippen molar-refractivity contribution in [3.63, 3.8) is 0 Å². The van der Waals surface area contributed by atoms with Crippen LogP contribution in [0, 0.1) is 0 Å². The molecule has 5 nitrogen and oxygen atoms in total. The number of esters is 1. The van der Waals surface area contributed by atoms with Crippen molar-refractivity contribution in [2.75, 3.05) is 20.5 Å². The minimum absolute atomic E-state index is 0.222. The van der Waals surface area contributed by atoms with Gasteiger partial charge in [0.05, 0.1) is 12.7 Å². The molecule has 2 aliphatic heterocycles. The van der Waals surface area contributed by atoms with Crippen LogP contribution in [0.1, 0.15) is 11.1 Å². The molecule has 0 unspecified atom stereocenters. The van der Waals surface area contributed by atoms with Crippen LogP contribution in [-0.2, 0) is 9.53 Å². The molecule has 2 aliphatic rings. The van der Waals surface area contributed by atoms with E-state index in [0.29, 0.717) is 17.1 Å². The van der Waals surface area contributed by atoms with Crippen LogP contribution in [0.4, 0.5) is 0 Å². The number of hydrogen-bond donors (Lipinski definition) is 0. The van der Waals surface area contributed by atoms with E-state index in [1.165, 1.54) is 0 Å². The third-order valence-corrected chi connectivity index (χ3v) is 4.09. The van der Waals surface area contributed by atoms with Gasteiger partial charge >= 0.3 is 5.97 Å². The summed E-state index contributed by atoms with van der Waals surface area (Å²) in [5.74, 6) is 1.86. The van der Waals surface area contributed by atoms with E-state index < -0.39 is 0 Å². The molecule has 2 heterocycles. The first-order valence-electron chi connectivity index (χ1n) is 7.86. The third-order valence-electron chi connectivity index (χ3n) is 4.09. The van der Waals surface area contributed by atoms with E-state index in [4.69, 9.17) is 18.9 Å². The molecule has 0 aliphatic carbocycles. The Morgan fingerprint density at radius 2 is 1.68 bits per heavy atom. The highest BCUT2D eigenvalue weighted by Crippen LogP contribution is 2.34. The summed E-state index contributed by atoms with van der Waals surface area (Å²) in [6.07, 6.45) is 3.76. The average Bonchev–Trinajstić information content (AvgIpc) is 3.23. The Hall–Kier alpha value is -3.21. The second kappa shape index (κ2) is 6.36. The van der Waals surface area contributed by atoms with Crippen LogP contribution in [0.15, 0.2) is 53.6 Å². The van der Waals surface area contributed by atoms with Crippen LogP contribution >= 0.6 is 0 Å². The van der Waals surface area contributed by atoms with Gasteiger partial charge in [0, 0.05) is 5.57 Å². The summed E-state index contributed by atoms with van der Waals surface area (Å²) in [4.78, 5) is 12.1. The van der Waals surface area contributed by atoms with Crippen LogP contribution in [-0.4, -0.2) is 26.5 Å². The van der Waals surface area contributed by atoms with Crippen molar-refractivity contribution in [2.24, 2.45) is 0 Å². The predicted octanol–water partition coefficient (Wildman–Crippen LogP) is 3.45. The SMILES string of the molecule is COc1ccc(/C=C2/COC(=O)/C2=C/c2ccc3c(c2)OCO3)cc1. The van der Waals surface area contributed by atoms with E-state index in [1.807, 2.05) is 54.6 Å². The molecule has 0 amide bonds. The molecule has 1 saturated heterocycles. The van der Waals surface area contributed by atoms with Gasteiger partial charge in [-0.3, -0.25) is 0 Å². The van der Waals surface area contributed by atoms with Crippen LogP contribution < -0.4 is 14.2 Å². The van der Waals surface area contributed by atoms with E-state index >= 15 is 0 Å². The smallest absolute Gasteiger partial charge is 0.338 e. The van der Waals surface area contributed by atoms with Gasteiger partial charge < -0.3 is 18.9 Å². The monoisotopic (exact) mass is 336 g/mol. The minimum atomic E-state index is -0.322. The number of carbonyl (C=O) groups is 1. The molecule has 0 saturated carbocycles. The molecule has 0 atom stereocenters. The lowest BCUT2D eigenvalue weighted by molar-refractivity contribution is -0.134. The van der Waals surface area contributed by atoms with Crippen molar-refractivity contribution >= 4 is 18.1 Å². The quantitative estimate of drug-likeness (QED) is 0.635. The largest absolute Gasteiger partial charge is 0.497 e. The lowest BCUT2D eigenvalue weighted by Gasteiger charge is -2.02. The lowest BCUT2D eigenvalue weighted by Crippen LogP contribution is -1.95. The highest BCUT2D eigenvalue weighted by Gasteiger charge is 2.25. The number of carbonyl (C=O) groups excluding carboxylic acids is 1. The molecule has 0 N–H and O–H groups in total. The van der Waals surface area contributed by atoms with Gasteiger partial charge in [0.1, 0.15) is 12.4 Å². The third kappa shape index (κ3) is 3.08. The van der Waals surface area contributed by atoms with Gasteiger partial charge in [-0.1, -0.05) is 18.2 Å². The molecule has 0 spiro atoms. The minimum Gasteiger partial charge on any atom is -0.497 e. The van der Waals surface area contributed by atoms with E-state index in [2.05, 4.69) is 0 Å². The molecule has 0 bridgehead atoms. The Labute approximate surface area is 145 Å². The van der Waals surface area contributed by atoms with E-state index in [-0.39, 0.29) is 19.4 Å². The molecule has 1 fully saturated rings. The summed E-state index contributed by atoms with van der Waals surface area (Å²) in [6, 6.07) is 13.2. The first-order chi connectivity index (χ1) is 12.2. The molecular formula is C20H16O5. The summed E-state index contributed by atoms with van der Waals surface area (Å²) in [5, 5.41) is 0. The predicted molar refractivity (Wildman–Crippen MR) is 92.5 cm³/mol. The first kappa shape index (κ1) is 15.3. The molecule has 0 radical (unpaired) electrons. The first-order valence-corrected chi connectivity index (χ1v) is 7.86. The van der Waals surface area contributed by atoms with Crippen LogP contribution in [0.3, 0.4) is 0 Å². The van der Waals surface area contributed by atoms with E-state index in [9.17, 15) is 4.79 Å². The number of rotatable bonds is 3. The molecular weight excluding hydrogens is 320 g/mol. The molecule has 126 valence electrons. The van der Waals surface area contributed by atoms with Crippen LogP contribution in [0.5, 0.6) is 17.2 Å². The molecule has 4 rings (SSSR count). The van der Waals surface area contributed by atoms with Gasteiger partial charge in [-0.05, 0) is 47.5 Å². The number of ether oxygens (including phenoxy) is 4. The number of cyclic esters (lactones) is 1. The number of hydrogen-bond acceptors (Lipinski definition) is 5. The highest BCUT2D eigenvalue weighted by molar-refractivity contribution is 6.02. The summed E-state index contributed by atoms with van der Waals surface area (Å²) >= 11 is 0. The Morgan fingerprint density at radius 3 is 2.48 bits per heavy atom. The van der Waals surface area contributed by atoms with Gasteiger partial charge in [-0.15, -0.1) is 0 Å². The molecule has 2 aromatic rings. The molecule has 2 aromatic carbocycles. The molecule has 25 heavy (non-hydrogen) atoms. The fourth-order valence-corrected chi connectivity index (χ4v) is 2.77. The van der Waals surface area contributed by atoms with Gasteiger partial charge in [0.25, 0.3) is 0 Å². The summed E-state index contributed by atoms with van der Waals surface area (Å²) in [6.45, 7) is 0.487. The van der Waals surface area contributed by atoms with Crippen LogP contribution in [0.25, 0.3) is 12.2 Å². The Bertz CT molecular complexity index is 877. The summed E-state index contributed by atoms with van der Waals surface area (Å²) < 4.78 is 21.1. The second-order valence-corrected chi connectivity index (χ2v) is 5.69. The normalized spacial score (nSPS) is 18.7. The zero-order chi connectivity index (χ0) is 17.2. The maximum atomic E-state index is 12.1. The topological polar surface area (TPSA) is 54.0 Å². The molecule has 5 heteroatoms. The fourth-order valence-electron chi connectivity index (χ4n) is 2.77. The van der Waals surface area contributed by atoms with Gasteiger partial charge in [0.15, 0.2) is 11.5 Å². The van der Waals surface area contributed by atoms with Crippen molar-refractivity contribution in [3.05, 3.63) is 64.7 Å². The Balaban J connectivity index is 1.66.